The molecule has 36 heavy (non-hydrogen) atoms. The topological polar surface area (TPSA) is 88.9 Å². The van der Waals surface area contributed by atoms with Crippen LogP contribution in [0.4, 0.5) is 5.69 Å². The summed E-state index contributed by atoms with van der Waals surface area (Å²) < 4.78 is 2.75. The van der Waals surface area contributed by atoms with Crippen molar-refractivity contribution in [1.29, 1.82) is 0 Å². The zero-order chi connectivity index (χ0) is 26.2. The van der Waals surface area contributed by atoms with Gasteiger partial charge in [-0.25, -0.2) is 0 Å². The summed E-state index contributed by atoms with van der Waals surface area (Å²) in [5, 5.41) is 15.4. The molecule has 0 spiro atoms. The van der Waals surface area contributed by atoms with E-state index in [2.05, 4.69) is 57.2 Å². The van der Waals surface area contributed by atoms with E-state index in [0.717, 1.165) is 21.3 Å². The predicted octanol–water partition coefficient (Wildman–Crippen LogP) is 6.09. The summed E-state index contributed by atoms with van der Waals surface area (Å²) in [4.78, 5) is 25.6. The summed E-state index contributed by atoms with van der Waals surface area (Å²) in [6.45, 7) is 12.6. The van der Waals surface area contributed by atoms with E-state index < -0.39 is 0 Å². The van der Waals surface area contributed by atoms with E-state index >= 15 is 0 Å². The van der Waals surface area contributed by atoms with Crippen molar-refractivity contribution >= 4 is 45.2 Å². The second-order valence-corrected chi connectivity index (χ2v) is 10.8. The Bertz CT molecular complexity index is 1230. The number of hydrogen-bond acceptors (Lipinski definition) is 5. The molecule has 3 rings (SSSR count). The van der Waals surface area contributed by atoms with E-state index in [9.17, 15) is 9.59 Å². The Balaban J connectivity index is 1.77. The van der Waals surface area contributed by atoms with Gasteiger partial charge in [0.05, 0.1) is 17.5 Å². The zero-order valence-corrected chi connectivity index (χ0v) is 23.4. The third-order valence-electron chi connectivity index (χ3n) is 5.61. The molecule has 1 heterocycles. The quantitative estimate of drug-likeness (QED) is 0.215. The fraction of sp³-hybridized carbons (Fsp3) is 0.333. The van der Waals surface area contributed by atoms with Crippen LogP contribution in [0.5, 0.6) is 0 Å². The number of aryl methyl sites for hydroxylation is 2. The lowest BCUT2D eigenvalue weighted by Gasteiger charge is -2.21. The molecule has 7 nitrogen and oxygen atoms in total. The molecule has 2 amide bonds. The summed E-state index contributed by atoms with van der Waals surface area (Å²) in [7, 11) is 0. The number of anilines is 1. The van der Waals surface area contributed by atoms with Gasteiger partial charge in [0.2, 0.25) is 5.91 Å². The molecule has 0 fully saturated rings. The van der Waals surface area contributed by atoms with Gasteiger partial charge in [0.25, 0.3) is 5.91 Å². The van der Waals surface area contributed by atoms with Gasteiger partial charge < -0.3 is 15.2 Å². The molecule has 1 unspecified atom stereocenters. The highest BCUT2D eigenvalue weighted by Gasteiger charge is 2.25. The Morgan fingerprint density at radius 2 is 1.83 bits per heavy atom. The Morgan fingerprint density at radius 3 is 2.50 bits per heavy atom. The van der Waals surface area contributed by atoms with Crippen LogP contribution in [-0.4, -0.2) is 32.3 Å². The average Bonchev–Trinajstić information content (AvgIpc) is 3.23. The molecular formula is C27H32BrN5O2S. The summed E-state index contributed by atoms with van der Waals surface area (Å²) in [6.07, 6.45) is 2.45. The van der Waals surface area contributed by atoms with Gasteiger partial charge in [-0.15, -0.1) is 16.8 Å². The highest BCUT2D eigenvalue weighted by Crippen LogP contribution is 2.28. The molecule has 3 aromatic rings. The van der Waals surface area contributed by atoms with Gasteiger partial charge in [0.15, 0.2) is 11.0 Å². The smallest absolute Gasteiger partial charge is 0.251 e. The lowest BCUT2D eigenvalue weighted by molar-refractivity contribution is -0.113. The van der Waals surface area contributed by atoms with Crippen molar-refractivity contribution in [3.8, 4) is 0 Å². The number of rotatable bonds is 11. The van der Waals surface area contributed by atoms with Crippen molar-refractivity contribution in [2.75, 3.05) is 11.1 Å². The summed E-state index contributed by atoms with van der Waals surface area (Å²) in [6, 6.07) is 12.7. The largest absolute Gasteiger partial charge is 0.342 e. The second-order valence-electron chi connectivity index (χ2n) is 9.01. The van der Waals surface area contributed by atoms with Gasteiger partial charge >= 0.3 is 0 Å². The molecule has 0 saturated carbocycles. The number of thioether (sulfide) groups is 1. The Kier molecular flexibility index (Phi) is 9.89. The van der Waals surface area contributed by atoms with Gasteiger partial charge in [0, 0.05) is 16.6 Å². The molecule has 1 atom stereocenters. The number of nitrogens with zero attached hydrogens (tertiary/aromatic N) is 3. The summed E-state index contributed by atoms with van der Waals surface area (Å²) in [5.74, 6) is 0.822. The van der Waals surface area contributed by atoms with E-state index in [1.54, 1.807) is 18.2 Å². The first kappa shape index (κ1) is 27.7. The highest BCUT2D eigenvalue weighted by atomic mass is 79.9. The number of carbonyl (C=O) groups is 2. The lowest BCUT2D eigenvalue weighted by atomic mass is 10.0. The van der Waals surface area contributed by atoms with Crippen molar-refractivity contribution in [3.63, 3.8) is 0 Å². The summed E-state index contributed by atoms with van der Waals surface area (Å²) >= 11 is 4.82. The Labute approximate surface area is 225 Å². The van der Waals surface area contributed by atoms with Gasteiger partial charge in [-0.05, 0) is 77.5 Å². The molecule has 2 aromatic carbocycles. The van der Waals surface area contributed by atoms with Crippen molar-refractivity contribution in [2.45, 2.75) is 51.9 Å². The van der Waals surface area contributed by atoms with Gasteiger partial charge in [0.1, 0.15) is 0 Å². The minimum atomic E-state index is -0.333. The predicted molar refractivity (Wildman–Crippen MR) is 149 cm³/mol. The van der Waals surface area contributed by atoms with Gasteiger partial charge in [-0.1, -0.05) is 49.9 Å². The van der Waals surface area contributed by atoms with Crippen LogP contribution in [0.1, 0.15) is 53.6 Å². The van der Waals surface area contributed by atoms with Crippen LogP contribution in [-0.2, 0) is 11.3 Å². The molecule has 0 radical (unpaired) electrons. The zero-order valence-electron chi connectivity index (χ0n) is 21.0. The van der Waals surface area contributed by atoms with Gasteiger partial charge in [-0.3, -0.25) is 9.59 Å². The van der Waals surface area contributed by atoms with E-state index in [0.29, 0.717) is 35.4 Å². The number of nitrogens with one attached hydrogen (secondary N) is 2. The second kappa shape index (κ2) is 12.9. The number of allylic oxidation sites excluding steroid dienone is 1. The maximum absolute atomic E-state index is 12.9. The first-order valence-corrected chi connectivity index (χ1v) is 13.6. The monoisotopic (exact) mass is 569 g/mol. The fourth-order valence-corrected chi connectivity index (χ4v) is 5.00. The number of hydrogen-bond donors (Lipinski definition) is 2. The molecule has 1 aromatic heterocycles. The van der Waals surface area contributed by atoms with Crippen LogP contribution in [0.2, 0.25) is 0 Å². The lowest BCUT2D eigenvalue weighted by Crippen LogP contribution is -2.31. The van der Waals surface area contributed by atoms with Gasteiger partial charge in [-0.2, -0.15) is 0 Å². The van der Waals surface area contributed by atoms with E-state index in [-0.39, 0.29) is 23.6 Å². The van der Waals surface area contributed by atoms with Crippen LogP contribution in [0.25, 0.3) is 0 Å². The molecular weight excluding hydrogens is 538 g/mol. The van der Waals surface area contributed by atoms with E-state index in [1.165, 1.54) is 11.8 Å². The third kappa shape index (κ3) is 7.30. The molecule has 2 N–H and O–H groups in total. The fourth-order valence-electron chi connectivity index (χ4n) is 3.69. The SMILES string of the molecule is C=CCn1c(SCC(=O)Nc2cc(C)c(C)cc2Br)nnc1C(CC(C)C)NC(=O)c1ccccc1. The molecule has 0 aliphatic carbocycles. The Morgan fingerprint density at radius 1 is 1.14 bits per heavy atom. The van der Waals surface area contributed by atoms with Crippen LogP contribution >= 0.6 is 27.7 Å². The normalized spacial score (nSPS) is 11.8. The first-order valence-electron chi connectivity index (χ1n) is 11.8. The number of aromatic nitrogens is 3. The number of amides is 2. The number of benzene rings is 2. The highest BCUT2D eigenvalue weighted by molar-refractivity contribution is 9.10. The molecule has 0 aliphatic rings. The van der Waals surface area contributed by atoms with Crippen LogP contribution in [0, 0.1) is 19.8 Å². The van der Waals surface area contributed by atoms with Crippen LogP contribution in [0.15, 0.2) is 64.7 Å². The molecule has 0 aliphatic heterocycles. The van der Waals surface area contributed by atoms with Crippen LogP contribution in [0.3, 0.4) is 0 Å². The van der Waals surface area contributed by atoms with E-state index in [4.69, 9.17) is 0 Å². The third-order valence-corrected chi connectivity index (χ3v) is 7.23. The minimum absolute atomic E-state index is 0.144. The first-order chi connectivity index (χ1) is 17.2. The maximum Gasteiger partial charge on any atom is 0.251 e. The Hall–Kier alpha value is -2.91. The van der Waals surface area contributed by atoms with Crippen molar-refractivity contribution in [1.82, 2.24) is 20.1 Å². The number of halogens is 1. The minimum Gasteiger partial charge on any atom is -0.342 e. The van der Waals surface area contributed by atoms with Crippen molar-refractivity contribution in [3.05, 3.63) is 82.1 Å². The molecule has 9 heteroatoms. The standard InChI is InChI=1S/C27H32BrN5O2S/c1-6-12-33-25(23(13-17(2)3)30-26(35)20-10-8-7-9-11-20)31-32-27(33)36-16-24(34)29-22-15-19(5)18(4)14-21(22)28/h6-11,14-15,17,23H,1,12-13,16H2,2-5H3,(H,29,34)(H,30,35). The van der Waals surface area contributed by atoms with Crippen LogP contribution < -0.4 is 10.6 Å². The molecule has 0 saturated heterocycles. The molecule has 190 valence electrons. The molecule has 0 bridgehead atoms. The maximum atomic E-state index is 12.9. The average molecular weight is 571 g/mol. The number of carbonyl (C=O) groups excluding carboxylic acids is 2. The van der Waals surface area contributed by atoms with Crippen molar-refractivity contribution in [2.24, 2.45) is 5.92 Å². The summed E-state index contributed by atoms with van der Waals surface area (Å²) in [5.41, 5.74) is 3.57. The van der Waals surface area contributed by atoms with Crippen molar-refractivity contribution < 1.29 is 9.59 Å². The van der Waals surface area contributed by atoms with E-state index in [1.807, 2.05) is 48.7 Å².